The van der Waals surface area contributed by atoms with Crippen LogP contribution in [0.25, 0.3) is 5.69 Å². The van der Waals surface area contributed by atoms with Crippen LogP contribution in [0.2, 0.25) is 5.15 Å². The molecule has 2 aromatic rings. The predicted octanol–water partition coefficient (Wildman–Crippen LogP) is 2.91. The number of nitrogens with one attached hydrogen (secondary N) is 1. The van der Waals surface area contributed by atoms with E-state index in [-0.39, 0.29) is 16.6 Å². The zero-order valence-electron chi connectivity index (χ0n) is 13.9. The van der Waals surface area contributed by atoms with Gasteiger partial charge in [-0.1, -0.05) is 36.7 Å². The first kappa shape index (κ1) is 18.0. The van der Waals surface area contributed by atoms with Crippen LogP contribution >= 0.6 is 11.6 Å². The third-order valence-corrected chi connectivity index (χ3v) is 3.76. The topological polar surface area (TPSA) is 73.2 Å². The Kier molecular flexibility index (Phi) is 5.98. The third kappa shape index (κ3) is 3.94. The highest BCUT2D eigenvalue weighted by Gasteiger charge is 2.25. The molecule has 0 fully saturated rings. The summed E-state index contributed by atoms with van der Waals surface area (Å²) in [5.74, 6) is -1.01. The van der Waals surface area contributed by atoms with Gasteiger partial charge in [0.25, 0.3) is 5.91 Å². The Labute approximate surface area is 145 Å². The van der Waals surface area contributed by atoms with Crippen LogP contribution in [0.4, 0.5) is 0 Å². The Bertz CT molecular complexity index is 728. The number of aryl methyl sites for hydroxylation is 1. The number of carbonyl (C=O) groups excluding carboxylic acids is 2. The monoisotopic (exact) mass is 349 g/mol. The molecule has 0 aliphatic rings. The first-order chi connectivity index (χ1) is 11.5. The van der Waals surface area contributed by atoms with E-state index in [1.807, 2.05) is 37.3 Å². The molecule has 0 aliphatic heterocycles. The number of amides is 1. The highest BCUT2D eigenvalue weighted by atomic mass is 35.5. The lowest BCUT2D eigenvalue weighted by Crippen LogP contribution is -2.36. The second-order valence-corrected chi connectivity index (χ2v) is 5.70. The number of rotatable bonds is 6. The van der Waals surface area contributed by atoms with Crippen molar-refractivity contribution in [3.05, 3.63) is 46.7 Å². The van der Waals surface area contributed by atoms with E-state index in [9.17, 15) is 9.59 Å². The molecule has 1 heterocycles. The van der Waals surface area contributed by atoms with E-state index in [1.54, 1.807) is 6.92 Å². The summed E-state index contributed by atoms with van der Waals surface area (Å²) in [4.78, 5) is 24.2. The van der Waals surface area contributed by atoms with E-state index < -0.39 is 12.1 Å². The van der Waals surface area contributed by atoms with Gasteiger partial charge in [0.2, 0.25) is 0 Å². The Balaban J connectivity index is 2.19. The number of para-hydroxylation sites is 1. The van der Waals surface area contributed by atoms with Crippen LogP contribution < -0.4 is 5.32 Å². The number of aromatic nitrogens is 2. The van der Waals surface area contributed by atoms with Gasteiger partial charge in [-0.2, -0.15) is 5.10 Å². The molecule has 0 bridgehead atoms. The molecule has 6 nitrogen and oxygen atoms in total. The van der Waals surface area contributed by atoms with E-state index in [1.165, 1.54) is 11.6 Å². The van der Waals surface area contributed by atoms with E-state index >= 15 is 0 Å². The van der Waals surface area contributed by atoms with Crippen LogP contribution in [0.1, 0.15) is 36.3 Å². The molecule has 1 aromatic carbocycles. The van der Waals surface area contributed by atoms with Crippen molar-refractivity contribution in [3.63, 3.8) is 0 Å². The van der Waals surface area contributed by atoms with E-state index in [4.69, 9.17) is 16.3 Å². The predicted molar refractivity (Wildman–Crippen MR) is 91.5 cm³/mol. The fourth-order valence-electron chi connectivity index (χ4n) is 2.14. The molecule has 24 heavy (non-hydrogen) atoms. The maximum atomic E-state index is 12.4. The second-order valence-electron chi connectivity index (χ2n) is 5.34. The van der Waals surface area contributed by atoms with Gasteiger partial charge in [-0.3, -0.25) is 4.79 Å². The molecular weight excluding hydrogens is 330 g/mol. The Morgan fingerprint density at radius 3 is 2.62 bits per heavy atom. The van der Waals surface area contributed by atoms with Crippen molar-refractivity contribution in [1.82, 2.24) is 15.1 Å². The molecular formula is C17H20ClN3O3. The fraction of sp³-hybridized carbons (Fsp3) is 0.353. The maximum Gasteiger partial charge on any atom is 0.344 e. The summed E-state index contributed by atoms with van der Waals surface area (Å²) >= 11 is 6.30. The van der Waals surface area contributed by atoms with Crippen LogP contribution in [-0.4, -0.2) is 34.3 Å². The van der Waals surface area contributed by atoms with Gasteiger partial charge in [-0.15, -0.1) is 0 Å². The standard InChI is InChI=1S/C17H20ClN3O3/c1-4-10-19-16(22)12(3)24-17(23)14-11(2)20-21(15(14)18)13-8-6-5-7-9-13/h5-9,12H,4,10H2,1-3H3,(H,19,22)/t12-/m0/s1. The van der Waals surface area contributed by atoms with Gasteiger partial charge in [-0.05, 0) is 32.4 Å². The largest absolute Gasteiger partial charge is 0.449 e. The second kappa shape index (κ2) is 7.97. The molecule has 0 spiro atoms. The van der Waals surface area contributed by atoms with Crippen LogP contribution in [-0.2, 0) is 9.53 Å². The van der Waals surface area contributed by atoms with Crippen LogP contribution in [0.5, 0.6) is 0 Å². The van der Waals surface area contributed by atoms with Gasteiger partial charge in [0, 0.05) is 6.54 Å². The lowest BCUT2D eigenvalue weighted by atomic mass is 10.2. The molecule has 0 saturated heterocycles. The quantitative estimate of drug-likeness (QED) is 0.814. The molecule has 7 heteroatoms. The minimum absolute atomic E-state index is 0.157. The van der Waals surface area contributed by atoms with Crippen LogP contribution in [0.15, 0.2) is 30.3 Å². The van der Waals surface area contributed by atoms with Crippen molar-refractivity contribution in [2.75, 3.05) is 6.54 Å². The minimum Gasteiger partial charge on any atom is -0.449 e. The molecule has 1 N–H and O–H groups in total. The van der Waals surface area contributed by atoms with E-state index in [2.05, 4.69) is 10.4 Å². The molecule has 2 rings (SSSR count). The summed E-state index contributed by atoms with van der Waals surface area (Å²) in [7, 11) is 0. The third-order valence-electron chi connectivity index (χ3n) is 3.41. The van der Waals surface area contributed by atoms with Crippen molar-refractivity contribution >= 4 is 23.5 Å². The van der Waals surface area contributed by atoms with E-state index in [0.717, 1.165) is 12.1 Å². The van der Waals surface area contributed by atoms with E-state index in [0.29, 0.717) is 12.2 Å². The molecule has 0 saturated carbocycles. The first-order valence-electron chi connectivity index (χ1n) is 7.75. The van der Waals surface area contributed by atoms with Crippen LogP contribution in [0.3, 0.4) is 0 Å². The number of nitrogens with zero attached hydrogens (tertiary/aromatic N) is 2. The highest BCUT2D eigenvalue weighted by molar-refractivity contribution is 6.33. The van der Waals surface area contributed by atoms with Crippen molar-refractivity contribution in [2.45, 2.75) is 33.3 Å². The average Bonchev–Trinajstić information content (AvgIpc) is 2.87. The Morgan fingerprint density at radius 1 is 1.33 bits per heavy atom. The summed E-state index contributed by atoms with van der Waals surface area (Å²) < 4.78 is 6.68. The zero-order chi connectivity index (χ0) is 17.7. The summed E-state index contributed by atoms with van der Waals surface area (Å²) in [6.45, 7) is 5.67. The maximum absolute atomic E-state index is 12.4. The molecule has 128 valence electrons. The fourth-order valence-corrected chi connectivity index (χ4v) is 2.49. The van der Waals surface area contributed by atoms with Gasteiger partial charge in [-0.25, -0.2) is 9.48 Å². The number of ether oxygens (including phenoxy) is 1. The van der Waals surface area contributed by atoms with Gasteiger partial charge in [0.15, 0.2) is 6.10 Å². The van der Waals surface area contributed by atoms with Crippen LogP contribution in [0, 0.1) is 6.92 Å². The summed E-state index contributed by atoms with van der Waals surface area (Å²) in [6.07, 6.45) is -0.0964. The number of hydrogen-bond donors (Lipinski definition) is 1. The Morgan fingerprint density at radius 2 is 2.00 bits per heavy atom. The molecule has 1 amide bonds. The molecule has 0 aliphatic carbocycles. The molecule has 1 aromatic heterocycles. The van der Waals surface area contributed by atoms with Crippen molar-refractivity contribution in [1.29, 1.82) is 0 Å². The Hall–Kier alpha value is -2.34. The lowest BCUT2D eigenvalue weighted by Gasteiger charge is -2.13. The number of carbonyl (C=O) groups is 2. The van der Waals surface area contributed by atoms with Crippen molar-refractivity contribution in [3.8, 4) is 5.69 Å². The summed E-state index contributed by atoms with van der Waals surface area (Å²) in [5.41, 5.74) is 1.34. The molecule has 0 unspecified atom stereocenters. The van der Waals surface area contributed by atoms with Crippen molar-refractivity contribution < 1.29 is 14.3 Å². The zero-order valence-corrected chi connectivity index (χ0v) is 14.6. The first-order valence-corrected chi connectivity index (χ1v) is 8.12. The number of benzene rings is 1. The minimum atomic E-state index is -0.903. The normalized spacial score (nSPS) is 11.8. The SMILES string of the molecule is CCCNC(=O)[C@H](C)OC(=O)c1c(C)nn(-c2ccccc2)c1Cl. The smallest absolute Gasteiger partial charge is 0.344 e. The molecule has 1 atom stereocenters. The number of esters is 1. The van der Waals surface area contributed by atoms with Gasteiger partial charge in [0.05, 0.1) is 11.4 Å². The summed E-state index contributed by atoms with van der Waals surface area (Å²) in [6, 6.07) is 9.23. The van der Waals surface area contributed by atoms with Crippen molar-refractivity contribution in [2.24, 2.45) is 0 Å². The molecule has 0 radical (unpaired) electrons. The number of hydrogen-bond acceptors (Lipinski definition) is 4. The van der Waals surface area contributed by atoms with Gasteiger partial charge < -0.3 is 10.1 Å². The number of halogens is 1. The van der Waals surface area contributed by atoms with Gasteiger partial charge in [0.1, 0.15) is 10.7 Å². The average molecular weight is 350 g/mol. The highest BCUT2D eigenvalue weighted by Crippen LogP contribution is 2.24. The van der Waals surface area contributed by atoms with Gasteiger partial charge >= 0.3 is 5.97 Å². The lowest BCUT2D eigenvalue weighted by molar-refractivity contribution is -0.129. The summed E-state index contributed by atoms with van der Waals surface area (Å²) in [5, 5.41) is 7.12.